The minimum atomic E-state index is -4.72. The maximum Gasteiger partial charge on any atom is 0.416 e. The minimum absolute atomic E-state index is 0.137. The summed E-state index contributed by atoms with van der Waals surface area (Å²) in [5.41, 5.74) is 1.64. The van der Waals surface area contributed by atoms with Crippen molar-refractivity contribution in [2.75, 3.05) is 10.6 Å². The molecule has 2 N–H and O–H groups in total. The molecule has 0 aliphatic rings. The molecule has 0 aliphatic carbocycles. The van der Waals surface area contributed by atoms with E-state index in [1.165, 1.54) is 43.6 Å². The summed E-state index contributed by atoms with van der Waals surface area (Å²) in [6.45, 7) is 1.51. The van der Waals surface area contributed by atoms with Gasteiger partial charge in [0.05, 0.1) is 29.3 Å². The molecule has 0 radical (unpaired) electrons. The molecule has 2 aromatic carbocycles. The van der Waals surface area contributed by atoms with Crippen molar-refractivity contribution in [3.8, 4) is 23.3 Å². The number of anilines is 3. The van der Waals surface area contributed by atoms with Crippen LogP contribution in [0.15, 0.2) is 91.8 Å². The molecule has 0 aliphatic heterocycles. The van der Waals surface area contributed by atoms with Gasteiger partial charge in [0.15, 0.2) is 5.65 Å². The lowest BCUT2D eigenvalue weighted by Gasteiger charge is -2.14. The number of hydrogen-bond acceptors (Lipinski definition) is 6. The highest BCUT2D eigenvalue weighted by molar-refractivity contribution is 6.04. The fraction of sp³-hybridized carbons (Fsp3) is 0.0909. The number of nitrogens with zero attached hydrogens (tertiary/aromatic N) is 5. The highest BCUT2D eigenvalue weighted by Gasteiger charge is 2.32. The summed E-state index contributed by atoms with van der Waals surface area (Å²) in [6, 6.07) is 11.8. The fourth-order valence-corrected chi connectivity index (χ4v) is 4.55. The second-order valence-corrected chi connectivity index (χ2v) is 10.2. The smallest absolute Gasteiger partial charge is 0.416 e. The van der Waals surface area contributed by atoms with Crippen molar-refractivity contribution < 1.29 is 27.1 Å². The van der Waals surface area contributed by atoms with Crippen LogP contribution in [-0.4, -0.2) is 30.1 Å². The summed E-state index contributed by atoms with van der Waals surface area (Å²) < 4.78 is 64.9. The van der Waals surface area contributed by atoms with E-state index in [4.69, 9.17) is 4.74 Å². The van der Waals surface area contributed by atoms with E-state index in [1.807, 2.05) is 18.3 Å². The first-order valence-corrected chi connectivity index (χ1v) is 13.7. The third-order valence-corrected chi connectivity index (χ3v) is 6.83. The van der Waals surface area contributed by atoms with Crippen LogP contribution in [0.5, 0.6) is 11.5 Å². The number of fused-ring (bicyclic) bond motifs is 1. The Kier molecular flexibility index (Phi) is 7.85. The second kappa shape index (κ2) is 12.1. The van der Waals surface area contributed by atoms with E-state index < -0.39 is 23.5 Å². The van der Waals surface area contributed by atoms with E-state index >= 15 is 0 Å². The number of amides is 1. The summed E-state index contributed by atoms with van der Waals surface area (Å²) in [7, 11) is 1.81. The van der Waals surface area contributed by atoms with E-state index in [9.17, 15) is 22.4 Å². The van der Waals surface area contributed by atoms with Crippen molar-refractivity contribution >= 4 is 28.6 Å². The van der Waals surface area contributed by atoms with Crippen LogP contribution in [0, 0.1) is 24.6 Å². The summed E-state index contributed by atoms with van der Waals surface area (Å²) >= 11 is 0. The Morgan fingerprint density at radius 3 is 2.52 bits per heavy atom. The van der Waals surface area contributed by atoms with Gasteiger partial charge in [-0.05, 0) is 61.4 Å². The van der Waals surface area contributed by atoms with E-state index in [-0.39, 0.29) is 33.9 Å². The normalized spacial score (nSPS) is 11.2. The van der Waals surface area contributed by atoms with Crippen molar-refractivity contribution in [3.05, 3.63) is 126 Å². The molecule has 0 fully saturated rings. The van der Waals surface area contributed by atoms with Gasteiger partial charge < -0.3 is 15.4 Å². The molecular weight excluding hydrogens is 602 g/mol. The zero-order valence-corrected chi connectivity index (χ0v) is 24.2. The Bertz CT molecular complexity index is 2140. The SMILES string of the molecule is Cc1c(F)cc(C(=O)Nc2cc(Oc3ccncc3)cc(C(F)(F)F)c2)cc1C#Cc1cnc2c(Nc3cnn(C)c3)cccn12. The van der Waals surface area contributed by atoms with Crippen LogP contribution in [0.1, 0.15) is 32.7 Å². The lowest BCUT2D eigenvalue weighted by molar-refractivity contribution is -0.137. The van der Waals surface area contributed by atoms with Gasteiger partial charge in [-0.25, -0.2) is 9.37 Å². The number of aromatic nitrogens is 5. The number of carbonyl (C=O) groups excluding carboxylic acids is 1. The number of ether oxygens (including phenoxy) is 1. The molecule has 0 saturated heterocycles. The van der Waals surface area contributed by atoms with Crippen LogP contribution < -0.4 is 15.4 Å². The monoisotopic (exact) mass is 625 g/mol. The van der Waals surface area contributed by atoms with Gasteiger partial charge in [0.2, 0.25) is 0 Å². The molecule has 0 spiro atoms. The Hall–Kier alpha value is -6.16. The summed E-state index contributed by atoms with van der Waals surface area (Å²) in [5.74, 6) is 4.44. The van der Waals surface area contributed by atoms with Crippen molar-refractivity contribution in [2.45, 2.75) is 13.1 Å². The molecule has 0 saturated carbocycles. The van der Waals surface area contributed by atoms with Crippen molar-refractivity contribution in [2.24, 2.45) is 7.05 Å². The summed E-state index contributed by atoms with van der Waals surface area (Å²) in [6.07, 6.45) is 4.96. The van der Waals surface area contributed by atoms with E-state index in [1.54, 1.807) is 34.7 Å². The number of benzene rings is 2. The second-order valence-electron chi connectivity index (χ2n) is 10.2. The van der Waals surface area contributed by atoms with Crippen molar-refractivity contribution in [3.63, 3.8) is 0 Å². The molecular formula is C33H23F4N7O2. The van der Waals surface area contributed by atoms with Gasteiger partial charge in [0, 0.05) is 60.3 Å². The van der Waals surface area contributed by atoms with Crippen LogP contribution in [0.2, 0.25) is 0 Å². The van der Waals surface area contributed by atoms with Gasteiger partial charge in [-0.2, -0.15) is 18.3 Å². The lowest BCUT2D eigenvalue weighted by atomic mass is 10.0. The largest absolute Gasteiger partial charge is 0.457 e. The quantitative estimate of drug-likeness (QED) is 0.151. The number of nitrogens with one attached hydrogen (secondary N) is 2. The lowest BCUT2D eigenvalue weighted by Crippen LogP contribution is -2.14. The van der Waals surface area contributed by atoms with Crippen LogP contribution in [0.3, 0.4) is 0 Å². The van der Waals surface area contributed by atoms with Gasteiger partial charge in [-0.15, -0.1) is 0 Å². The predicted molar refractivity (Wildman–Crippen MR) is 163 cm³/mol. The maximum atomic E-state index is 15.0. The van der Waals surface area contributed by atoms with Crippen LogP contribution in [0.25, 0.3) is 5.65 Å². The van der Waals surface area contributed by atoms with Gasteiger partial charge in [-0.3, -0.25) is 18.9 Å². The number of aryl methyl sites for hydroxylation is 1. The summed E-state index contributed by atoms with van der Waals surface area (Å²) in [4.78, 5) is 21.5. The summed E-state index contributed by atoms with van der Waals surface area (Å²) in [5, 5.41) is 9.82. The molecule has 46 heavy (non-hydrogen) atoms. The molecule has 230 valence electrons. The Balaban J connectivity index is 1.27. The van der Waals surface area contributed by atoms with Crippen LogP contribution >= 0.6 is 0 Å². The molecule has 4 heterocycles. The average molecular weight is 626 g/mol. The van der Waals surface area contributed by atoms with Gasteiger partial charge in [0.25, 0.3) is 5.91 Å². The number of carbonyl (C=O) groups is 1. The first kappa shape index (κ1) is 29.9. The zero-order valence-electron chi connectivity index (χ0n) is 24.2. The topological polar surface area (TPSA) is 98.4 Å². The highest BCUT2D eigenvalue weighted by atomic mass is 19.4. The number of halogens is 4. The molecule has 1 amide bonds. The molecule has 0 unspecified atom stereocenters. The third-order valence-electron chi connectivity index (χ3n) is 6.83. The molecule has 4 aromatic heterocycles. The van der Waals surface area contributed by atoms with Crippen LogP contribution in [0.4, 0.5) is 34.6 Å². The van der Waals surface area contributed by atoms with Gasteiger partial charge in [-0.1, -0.05) is 5.92 Å². The number of hydrogen-bond donors (Lipinski definition) is 2. The van der Waals surface area contributed by atoms with Gasteiger partial charge in [0.1, 0.15) is 23.0 Å². The Morgan fingerprint density at radius 2 is 1.78 bits per heavy atom. The van der Waals surface area contributed by atoms with Crippen molar-refractivity contribution in [1.82, 2.24) is 24.1 Å². The molecule has 9 nitrogen and oxygen atoms in total. The van der Waals surface area contributed by atoms with E-state index in [0.29, 0.717) is 17.0 Å². The zero-order chi connectivity index (χ0) is 32.4. The molecule has 0 atom stereocenters. The number of pyridine rings is 2. The number of alkyl halides is 3. The third kappa shape index (κ3) is 6.51. The van der Waals surface area contributed by atoms with Crippen molar-refractivity contribution in [1.29, 1.82) is 0 Å². The maximum absolute atomic E-state index is 15.0. The number of imidazole rings is 1. The highest BCUT2D eigenvalue weighted by Crippen LogP contribution is 2.36. The first-order chi connectivity index (χ1) is 22.0. The fourth-order valence-electron chi connectivity index (χ4n) is 4.55. The van der Waals surface area contributed by atoms with Gasteiger partial charge >= 0.3 is 6.18 Å². The molecule has 6 aromatic rings. The molecule has 13 heteroatoms. The minimum Gasteiger partial charge on any atom is -0.457 e. The first-order valence-electron chi connectivity index (χ1n) is 13.7. The Morgan fingerprint density at radius 1 is 0.978 bits per heavy atom. The van der Waals surface area contributed by atoms with Crippen LogP contribution in [-0.2, 0) is 13.2 Å². The van der Waals surface area contributed by atoms with E-state index in [2.05, 4.69) is 37.5 Å². The van der Waals surface area contributed by atoms with E-state index in [0.717, 1.165) is 23.9 Å². The predicted octanol–water partition coefficient (Wildman–Crippen LogP) is 7.12. The Labute approximate surface area is 259 Å². The number of rotatable bonds is 6. The standard InChI is InChI=1S/C33H23F4N7O2/c1-20-21(5-6-26-18-39-31-30(4-3-11-44(26)31)41-25-17-40-43(2)19-25)12-22(13-29(20)34)32(45)42-24-14-23(33(35,36)37)15-28(16-24)46-27-7-9-38-10-8-27/h3-4,7-19,41H,1-2H3,(H,42,45). The molecule has 0 bridgehead atoms. The average Bonchev–Trinajstić information content (AvgIpc) is 3.63. The molecule has 6 rings (SSSR count).